The van der Waals surface area contributed by atoms with Crippen molar-refractivity contribution in [2.45, 2.75) is 12.2 Å². The molecular formula is C10H10O2. The Kier molecular flexibility index (Phi) is 1.46. The fourth-order valence-electron chi connectivity index (χ4n) is 1.34. The lowest BCUT2D eigenvalue weighted by atomic mass is 9.93. The zero-order valence-electron chi connectivity index (χ0n) is 7.44. The van der Waals surface area contributed by atoms with Gasteiger partial charge in [-0.15, -0.1) is 0 Å². The highest BCUT2D eigenvalue weighted by Gasteiger charge is 2.20. The van der Waals surface area contributed by atoms with Crippen LogP contribution >= 0.6 is 0 Å². The summed E-state index contributed by atoms with van der Waals surface area (Å²) in [5, 5.41) is 19.0. The summed E-state index contributed by atoms with van der Waals surface area (Å²) < 4.78 is 7.38. The molecule has 1 aliphatic carbocycles. The molecule has 0 fully saturated rings. The Morgan fingerprint density at radius 3 is 2.83 bits per heavy atom. The molecule has 1 aliphatic rings. The first-order chi connectivity index (χ1) is 6.11. The zero-order valence-corrected chi connectivity index (χ0v) is 6.44. The maximum Gasteiger partial charge on any atom is 0.109 e. The van der Waals surface area contributed by atoms with E-state index in [0.717, 1.165) is 5.56 Å². The summed E-state index contributed by atoms with van der Waals surface area (Å²) >= 11 is 0. The third-order valence-corrected chi connectivity index (χ3v) is 2.00. The van der Waals surface area contributed by atoms with E-state index in [1.807, 2.05) is 12.1 Å². The van der Waals surface area contributed by atoms with Crippen LogP contribution in [0.2, 0.25) is 0 Å². The Morgan fingerprint density at radius 1 is 1.25 bits per heavy atom. The van der Waals surface area contributed by atoms with Crippen LogP contribution in [0.15, 0.2) is 30.3 Å². The minimum absolute atomic E-state index is 0.600. The van der Waals surface area contributed by atoms with Gasteiger partial charge in [0, 0.05) is 0 Å². The Bertz CT molecular complexity index is 358. The van der Waals surface area contributed by atoms with E-state index in [1.54, 1.807) is 18.2 Å². The summed E-state index contributed by atoms with van der Waals surface area (Å²) in [6.07, 6.45) is -0.114. The Hall–Kier alpha value is -1.12. The van der Waals surface area contributed by atoms with Gasteiger partial charge in [-0.2, -0.15) is 0 Å². The van der Waals surface area contributed by atoms with E-state index in [2.05, 4.69) is 0 Å². The van der Waals surface area contributed by atoms with Gasteiger partial charge < -0.3 is 10.2 Å². The van der Waals surface area contributed by atoms with Gasteiger partial charge in [-0.05, 0) is 11.1 Å². The summed E-state index contributed by atoms with van der Waals surface area (Å²) in [7, 11) is 0. The van der Waals surface area contributed by atoms with Crippen molar-refractivity contribution in [1.29, 1.82) is 0 Å². The van der Waals surface area contributed by atoms with Crippen LogP contribution < -0.4 is 0 Å². The van der Waals surface area contributed by atoms with Crippen LogP contribution in [0, 0.1) is 0 Å². The molecule has 62 valence electrons. The highest BCUT2D eigenvalue weighted by atomic mass is 16.3. The Labute approximate surface area is 72.2 Å². The van der Waals surface area contributed by atoms with Crippen LogP contribution in [-0.4, -0.2) is 16.3 Å². The van der Waals surface area contributed by atoms with Crippen LogP contribution in [0.5, 0.6) is 0 Å². The number of rotatable bonds is 0. The van der Waals surface area contributed by atoms with E-state index >= 15 is 0 Å². The van der Waals surface area contributed by atoms with E-state index in [4.69, 9.17) is 1.37 Å². The lowest BCUT2D eigenvalue weighted by Gasteiger charge is -2.21. The number of benzene rings is 1. The Balaban J connectivity index is 2.55. The van der Waals surface area contributed by atoms with E-state index < -0.39 is 12.2 Å². The van der Waals surface area contributed by atoms with Crippen LogP contribution in [-0.2, 0) is 0 Å². The van der Waals surface area contributed by atoms with Gasteiger partial charge in [-0.3, -0.25) is 0 Å². The molecule has 2 N–H and O–H groups in total. The molecule has 2 rings (SSSR count). The number of fused-ring (bicyclic) bond motifs is 1. The molecule has 12 heavy (non-hydrogen) atoms. The summed E-state index contributed by atoms with van der Waals surface area (Å²) in [4.78, 5) is 0. The maximum atomic E-state index is 9.60. The van der Waals surface area contributed by atoms with Gasteiger partial charge in [0.25, 0.3) is 0 Å². The minimum Gasteiger partial charge on any atom is -0.386 e. The van der Waals surface area contributed by atoms with Crippen molar-refractivity contribution in [1.82, 2.24) is 0 Å². The largest absolute Gasteiger partial charge is 0.386 e. The van der Waals surface area contributed by atoms with Gasteiger partial charge in [0.15, 0.2) is 0 Å². The smallest absolute Gasteiger partial charge is 0.109 e. The molecule has 0 saturated heterocycles. The fourth-order valence-corrected chi connectivity index (χ4v) is 1.34. The molecular weight excluding hydrogens is 152 g/mol. The fraction of sp³-hybridized carbons (Fsp3) is 0.200. The first kappa shape index (κ1) is 6.40. The summed E-state index contributed by atoms with van der Waals surface area (Å²) in [5.41, 5.74) is 1.45. The Morgan fingerprint density at radius 2 is 2.00 bits per heavy atom. The molecule has 0 radical (unpaired) electrons. The highest BCUT2D eigenvalue weighted by Crippen LogP contribution is 2.27. The van der Waals surface area contributed by atoms with Crippen molar-refractivity contribution in [3.63, 3.8) is 0 Å². The normalized spacial score (nSPS) is 34.2. The van der Waals surface area contributed by atoms with E-state index in [0.29, 0.717) is 5.56 Å². The standard InChI is InChI=1S/C10H10O2/c11-9-6-5-7-3-1-2-4-8(7)10(9)12/h1-6,9-12H/t9-,10+/m1/s1/i9D. The zero-order chi connectivity index (χ0) is 9.47. The number of hydrogen-bond donors (Lipinski definition) is 2. The molecule has 0 saturated carbocycles. The molecule has 0 bridgehead atoms. The summed E-state index contributed by atoms with van der Waals surface area (Å²) in [5.74, 6) is 0. The summed E-state index contributed by atoms with van der Waals surface area (Å²) in [6.45, 7) is 0. The third kappa shape index (κ3) is 1.05. The van der Waals surface area contributed by atoms with Crippen molar-refractivity contribution >= 4 is 6.08 Å². The first-order valence-electron chi connectivity index (χ1n) is 4.30. The van der Waals surface area contributed by atoms with Gasteiger partial charge in [-0.25, -0.2) is 0 Å². The topological polar surface area (TPSA) is 40.5 Å². The van der Waals surface area contributed by atoms with E-state index in [-0.39, 0.29) is 0 Å². The summed E-state index contributed by atoms with van der Waals surface area (Å²) in [6, 6.07) is 7.18. The van der Waals surface area contributed by atoms with Crippen LogP contribution in [0.3, 0.4) is 0 Å². The van der Waals surface area contributed by atoms with Gasteiger partial charge in [0.2, 0.25) is 0 Å². The third-order valence-electron chi connectivity index (χ3n) is 2.00. The number of hydrogen-bond acceptors (Lipinski definition) is 2. The SMILES string of the molecule is [2H][C@@]1(O)C=Cc2ccccc2[C@@H]1O. The van der Waals surface area contributed by atoms with Crippen LogP contribution in [0.4, 0.5) is 0 Å². The molecule has 2 nitrogen and oxygen atoms in total. The lowest BCUT2D eigenvalue weighted by molar-refractivity contribution is 0.0470. The highest BCUT2D eigenvalue weighted by molar-refractivity contribution is 5.58. The molecule has 0 aliphatic heterocycles. The second kappa shape index (κ2) is 2.73. The van der Waals surface area contributed by atoms with Crippen molar-refractivity contribution in [2.75, 3.05) is 0 Å². The second-order valence-corrected chi connectivity index (χ2v) is 2.79. The van der Waals surface area contributed by atoms with Crippen molar-refractivity contribution in [3.05, 3.63) is 41.5 Å². The maximum absolute atomic E-state index is 9.60. The average molecular weight is 163 g/mol. The van der Waals surface area contributed by atoms with Crippen LogP contribution in [0.1, 0.15) is 18.6 Å². The molecule has 0 heterocycles. The molecule has 2 atom stereocenters. The molecule has 1 aromatic carbocycles. The number of aliphatic hydroxyl groups is 2. The number of aliphatic hydroxyl groups excluding tert-OH is 1. The predicted molar refractivity (Wildman–Crippen MR) is 46.4 cm³/mol. The van der Waals surface area contributed by atoms with E-state index in [9.17, 15) is 10.2 Å². The average Bonchev–Trinajstić information content (AvgIpc) is 2.13. The minimum atomic E-state index is -1.89. The molecule has 0 amide bonds. The van der Waals surface area contributed by atoms with Crippen molar-refractivity contribution < 1.29 is 11.6 Å². The van der Waals surface area contributed by atoms with Crippen molar-refractivity contribution in [3.8, 4) is 0 Å². The van der Waals surface area contributed by atoms with E-state index in [1.165, 1.54) is 6.08 Å². The molecule has 1 aromatic rings. The quantitative estimate of drug-likeness (QED) is 0.601. The van der Waals surface area contributed by atoms with Gasteiger partial charge in [-0.1, -0.05) is 36.4 Å². The second-order valence-electron chi connectivity index (χ2n) is 2.79. The first-order valence-corrected chi connectivity index (χ1v) is 3.80. The van der Waals surface area contributed by atoms with Crippen molar-refractivity contribution in [2.24, 2.45) is 0 Å². The molecule has 0 aromatic heterocycles. The monoisotopic (exact) mass is 163 g/mol. The molecule has 2 heteroatoms. The van der Waals surface area contributed by atoms with Crippen LogP contribution in [0.25, 0.3) is 6.08 Å². The van der Waals surface area contributed by atoms with Gasteiger partial charge in [0.1, 0.15) is 12.2 Å². The lowest BCUT2D eigenvalue weighted by Crippen LogP contribution is -2.19. The van der Waals surface area contributed by atoms with Gasteiger partial charge in [0.05, 0.1) is 1.37 Å². The van der Waals surface area contributed by atoms with Gasteiger partial charge >= 0.3 is 0 Å². The predicted octanol–water partition coefficient (Wildman–Crippen LogP) is 1.11. The molecule has 0 spiro atoms. The molecule has 0 unspecified atom stereocenters.